The van der Waals surface area contributed by atoms with Crippen LogP contribution in [0.25, 0.3) is 0 Å². The SMILES string of the molecule is CCCNc1cc(NC2CCN(C)CC2C)ncn1. The Hall–Kier alpha value is -1.36. The summed E-state index contributed by atoms with van der Waals surface area (Å²) in [6.45, 7) is 7.68. The molecule has 0 bridgehead atoms. The summed E-state index contributed by atoms with van der Waals surface area (Å²) in [6, 6.07) is 2.51. The number of nitrogens with one attached hydrogen (secondary N) is 2. The van der Waals surface area contributed by atoms with Crippen LogP contribution in [0.15, 0.2) is 12.4 Å². The molecule has 0 saturated carbocycles. The van der Waals surface area contributed by atoms with E-state index in [4.69, 9.17) is 0 Å². The van der Waals surface area contributed by atoms with Gasteiger partial charge in [-0.15, -0.1) is 0 Å². The van der Waals surface area contributed by atoms with Crippen LogP contribution in [0.5, 0.6) is 0 Å². The average Bonchev–Trinajstić information content (AvgIpc) is 2.40. The first-order chi connectivity index (χ1) is 9.19. The highest BCUT2D eigenvalue weighted by molar-refractivity contribution is 5.47. The lowest BCUT2D eigenvalue weighted by atomic mass is 9.94. The summed E-state index contributed by atoms with van der Waals surface area (Å²) < 4.78 is 0. The third-order valence-corrected chi connectivity index (χ3v) is 3.66. The molecule has 1 saturated heterocycles. The van der Waals surface area contributed by atoms with E-state index >= 15 is 0 Å². The van der Waals surface area contributed by atoms with Crippen LogP contribution in [0.3, 0.4) is 0 Å². The molecule has 2 unspecified atom stereocenters. The van der Waals surface area contributed by atoms with Gasteiger partial charge >= 0.3 is 0 Å². The molecule has 1 aromatic rings. The molecular weight excluding hydrogens is 238 g/mol. The fraction of sp³-hybridized carbons (Fsp3) is 0.714. The summed E-state index contributed by atoms with van der Waals surface area (Å²) in [7, 11) is 2.18. The smallest absolute Gasteiger partial charge is 0.131 e. The molecular formula is C14H25N5. The molecule has 2 heterocycles. The highest BCUT2D eigenvalue weighted by atomic mass is 15.1. The second-order valence-electron chi connectivity index (χ2n) is 5.49. The zero-order valence-electron chi connectivity index (χ0n) is 12.2. The standard InChI is InChI=1S/C14H25N5/c1-4-6-15-13-8-14(17-10-16-13)18-12-5-7-19(3)9-11(12)2/h8,10-12H,4-7,9H2,1-3H3,(H2,15,16,17,18). The molecule has 2 atom stereocenters. The van der Waals surface area contributed by atoms with Crippen LogP contribution in [-0.2, 0) is 0 Å². The fourth-order valence-corrected chi connectivity index (χ4v) is 2.54. The minimum atomic E-state index is 0.505. The van der Waals surface area contributed by atoms with E-state index < -0.39 is 0 Å². The lowest BCUT2D eigenvalue weighted by Gasteiger charge is -2.35. The van der Waals surface area contributed by atoms with Crippen molar-refractivity contribution in [3.8, 4) is 0 Å². The van der Waals surface area contributed by atoms with E-state index in [1.165, 1.54) is 6.42 Å². The fourth-order valence-electron chi connectivity index (χ4n) is 2.54. The molecule has 106 valence electrons. The summed E-state index contributed by atoms with van der Waals surface area (Å²) >= 11 is 0. The maximum Gasteiger partial charge on any atom is 0.131 e. The van der Waals surface area contributed by atoms with Gasteiger partial charge < -0.3 is 15.5 Å². The van der Waals surface area contributed by atoms with Crippen LogP contribution in [0.1, 0.15) is 26.7 Å². The Morgan fingerprint density at radius 2 is 2.16 bits per heavy atom. The normalized spacial score (nSPS) is 24.2. The number of hydrogen-bond acceptors (Lipinski definition) is 5. The van der Waals surface area contributed by atoms with Crippen LogP contribution in [0.2, 0.25) is 0 Å². The molecule has 0 aliphatic carbocycles. The van der Waals surface area contributed by atoms with E-state index in [2.05, 4.69) is 46.4 Å². The monoisotopic (exact) mass is 263 g/mol. The second-order valence-corrected chi connectivity index (χ2v) is 5.49. The van der Waals surface area contributed by atoms with Gasteiger partial charge in [-0.3, -0.25) is 0 Å². The number of hydrogen-bond donors (Lipinski definition) is 2. The van der Waals surface area contributed by atoms with Crippen molar-refractivity contribution < 1.29 is 0 Å². The van der Waals surface area contributed by atoms with E-state index in [1.54, 1.807) is 6.33 Å². The molecule has 5 heteroatoms. The van der Waals surface area contributed by atoms with Gasteiger partial charge in [-0.1, -0.05) is 13.8 Å². The van der Waals surface area contributed by atoms with Crippen LogP contribution in [0.4, 0.5) is 11.6 Å². The molecule has 1 aliphatic heterocycles. The number of piperidine rings is 1. The highest BCUT2D eigenvalue weighted by Gasteiger charge is 2.24. The molecule has 0 amide bonds. The van der Waals surface area contributed by atoms with Crippen molar-refractivity contribution in [1.82, 2.24) is 14.9 Å². The van der Waals surface area contributed by atoms with Crippen molar-refractivity contribution in [1.29, 1.82) is 0 Å². The first kappa shape index (κ1) is 14.1. The van der Waals surface area contributed by atoms with Gasteiger partial charge in [0.25, 0.3) is 0 Å². The first-order valence-electron chi connectivity index (χ1n) is 7.20. The lowest BCUT2D eigenvalue weighted by Crippen LogP contribution is -2.43. The molecule has 19 heavy (non-hydrogen) atoms. The predicted molar refractivity (Wildman–Crippen MR) is 79.5 cm³/mol. The van der Waals surface area contributed by atoms with Gasteiger partial charge in [-0.25, -0.2) is 9.97 Å². The van der Waals surface area contributed by atoms with Crippen molar-refractivity contribution in [3.63, 3.8) is 0 Å². The minimum Gasteiger partial charge on any atom is -0.370 e. The number of anilines is 2. The molecule has 1 aliphatic rings. The average molecular weight is 263 g/mol. The summed E-state index contributed by atoms with van der Waals surface area (Å²) in [5.41, 5.74) is 0. The van der Waals surface area contributed by atoms with E-state index in [1.807, 2.05) is 6.07 Å². The number of rotatable bonds is 5. The maximum absolute atomic E-state index is 4.32. The van der Waals surface area contributed by atoms with Crippen molar-refractivity contribution in [2.75, 3.05) is 37.3 Å². The highest BCUT2D eigenvalue weighted by Crippen LogP contribution is 2.20. The molecule has 1 aromatic heterocycles. The Morgan fingerprint density at radius 3 is 2.89 bits per heavy atom. The number of aromatic nitrogens is 2. The van der Waals surface area contributed by atoms with Gasteiger partial charge in [-0.05, 0) is 32.4 Å². The third-order valence-electron chi connectivity index (χ3n) is 3.66. The van der Waals surface area contributed by atoms with Gasteiger partial charge in [0.15, 0.2) is 0 Å². The summed E-state index contributed by atoms with van der Waals surface area (Å²) in [6.07, 6.45) is 3.89. The van der Waals surface area contributed by atoms with Crippen LogP contribution in [0, 0.1) is 5.92 Å². The molecule has 1 fully saturated rings. The van der Waals surface area contributed by atoms with E-state index in [-0.39, 0.29) is 0 Å². The molecule has 5 nitrogen and oxygen atoms in total. The predicted octanol–water partition coefficient (Wildman–Crippen LogP) is 2.05. The topological polar surface area (TPSA) is 53.1 Å². The Morgan fingerprint density at radius 1 is 1.37 bits per heavy atom. The zero-order valence-corrected chi connectivity index (χ0v) is 12.2. The van der Waals surface area contributed by atoms with Crippen molar-refractivity contribution in [2.45, 2.75) is 32.7 Å². The first-order valence-corrected chi connectivity index (χ1v) is 7.20. The van der Waals surface area contributed by atoms with Crippen molar-refractivity contribution >= 4 is 11.6 Å². The molecule has 0 radical (unpaired) electrons. The molecule has 0 aromatic carbocycles. The Balaban J connectivity index is 1.94. The Bertz CT molecular complexity index is 395. The summed E-state index contributed by atoms with van der Waals surface area (Å²) in [5.74, 6) is 2.47. The van der Waals surface area contributed by atoms with E-state index in [9.17, 15) is 0 Å². The van der Waals surface area contributed by atoms with Crippen LogP contribution < -0.4 is 10.6 Å². The van der Waals surface area contributed by atoms with E-state index in [0.29, 0.717) is 12.0 Å². The van der Waals surface area contributed by atoms with Crippen LogP contribution >= 0.6 is 0 Å². The maximum atomic E-state index is 4.32. The largest absolute Gasteiger partial charge is 0.370 e. The summed E-state index contributed by atoms with van der Waals surface area (Å²) in [5, 5.41) is 6.84. The van der Waals surface area contributed by atoms with Gasteiger partial charge in [0, 0.05) is 25.2 Å². The molecule has 2 rings (SSSR count). The van der Waals surface area contributed by atoms with Gasteiger partial charge in [-0.2, -0.15) is 0 Å². The second kappa shape index (κ2) is 6.70. The minimum absolute atomic E-state index is 0.505. The quantitative estimate of drug-likeness (QED) is 0.851. The van der Waals surface area contributed by atoms with Gasteiger partial charge in [0.1, 0.15) is 18.0 Å². The van der Waals surface area contributed by atoms with Gasteiger partial charge in [0.05, 0.1) is 0 Å². The molecule has 0 spiro atoms. The summed E-state index contributed by atoms with van der Waals surface area (Å²) in [4.78, 5) is 10.9. The van der Waals surface area contributed by atoms with Crippen LogP contribution in [-0.4, -0.2) is 47.6 Å². The number of likely N-dealkylation sites (tertiary alicyclic amines) is 1. The Kier molecular flexibility index (Phi) is 4.96. The third kappa shape index (κ3) is 4.06. The zero-order chi connectivity index (χ0) is 13.7. The van der Waals surface area contributed by atoms with Crippen molar-refractivity contribution in [2.24, 2.45) is 5.92 Å². The number of nitrogens with zero attached hydrogens (tertiary/aromatic N) is 3. The lowest BCUT2D eigenvalue weighted by molar-refractivity contribution is 0.206. The van der Waals surface area contributed by atoms with Gasteiger partial charge in [0.2, 0.25) is 0 Å². The van der Waals surface area contributed by atoms with E-state index in [0.717, 1.165) is 37.7 Å². The Labute approximate surface area is 115 Å². The van der Waals surface area contributed by atoms with Crippen molar-refractivity contribution in [3.05, 3.63) is 12.4 Å². The molecule has 2 N–H and O–H groups in total.